The van der Waals surface area contributed by atoms with E-state index in [1.165, 1.54) is 24.3 Å². The van der Waals surface area contributed by atoms with Gasteiger partial charge in [0.05, 0.1) is 16.1 Å². The topological polar surface area (TPSA) is 52.9 Å². The van der Waals surface area contributed by atoms with Crippen molar-refractivity contribution in [1.29, 1.82) is 5.26 Å². The fourth-order valence-electron chi connectivity index (χ4n) is 1.68. The van der Waals surface area contributed by atoms with Gasteiger partial charge in [-0.15, -0.1) is 0 Å². The van der Waals surface area contributed by atoms with Crippen molar-refractivity contribution in [3.63, 3.8) is 0 Å². The Morgan fingerprint density at radius 3 is 2.57 bits per heavy atom. The lowest BCUT2D eigenvalue weighted by Gasteiger charge is -2.07. The van der Waals surface area contributed by atoms with Crippen molar-refractivity contribution in [3.05, 3.63) is 69.2 Å². The van der Waals surface area contributed by atoms with Crippen LogP contribution in [0.25, 0.3) is 0 Å². The summed E-state index contributed by atoms with van der Waals surface area (Å²) in [5, 5.41) is 11.1. The molecule has 1 N–H and O–H groups in total. The lowest BCUT2D eigenvalue weighted by atomic mass is 10.1. The summed E-state index contributed by atoms with van der Waals surface area (Å²) in [5.41, 5.74) is 0.599. The van der Waals surface area contributed by atoms with Crippen molar-refractivity contribution in [2.75, 3.05) is 0 Å². The summed E-state index contributed by atoms with van der Waals surface area (Å²) in [6.45, 7) is -0.0476. The van der Waals surface area contributed by atoms with Gasteiger partial charge in [-0.2, -0.15) is 5.26 Å². The molecular weight excluding hydrogens is 342 g/mol. The van der Waals surface area contributed by atoms with Gasteiger partial charge in [-0.1, -0.05) is 6.07 Å². The zero-order valence-electron chi connectivity index (χ0n) is 10.7. The van der Waals surface area contributed by atoms with E-state index in [2.05, 4.69) is 21.2 Å². The van der Waals surface area contributed by atoms with Crippen LogP contribution in [0.4, 0.5) is 8.78 Å². The molecule has 0 atom stereocenters. The molecule has 0 saturated heterocycles. The second kappa shape index (κ2) is 6.46. The Morgan fingerprint density at radius 1 is 1.19 bits per heavy atom. The van der Waals surface area contributed by atoms with Gasteiger partial charge in [-0.05, 0) is 46.3 Å². The molecule has 2 aromatic carbocycles. The molecule has 106 valence electrons. The Bertz CT molecular complexity index is 741. The van der Waals surface area contributed by atoms with Gasteiger partial charge in [0.25, 0.3) is 5.91 Å². The summed E-state index contributed by atoms with van der Waals surface area (Å²) in [6, 6.07) is 9.78. The van der Waals surface area contributed by atoms with Crippen LogP contribution >= 0.6 is 15.9 Å². The number of hydrogen-bond acceptors (Lipinski definition) is 2. The average molecular weight is 351 g/mol. The third-order valence-corrected chi connectivity index (χ3v) is 3.45. The van der Waals surface area contributed by atoms with Crippen LogP contribution < -0.4 is 5.32 Å². The largest absolute Gasteiger partial charge is 0.348 e. The van der Waals surface area contributed by atoms with E-state index < -0.39 is 17.5 Å². The third kappa shape index (κ3) is 3.64. The Kier molecular flexibility index (Phi) is 4.66. The van der Waals surface area contributed by atoms with E-state index in [4.69, 9.17) is 5.26 Å². The number of rotatable bonds is 3. The molecule has 0 bridgehead atoms. The highest BCUT2D eigenvalue weighted by atomic mass is 79.9. The fourth-order valence-corrected chi connectivity index (χ4v) is 1.92. The van der Waals surface area contributed by atoms with E-state index in [0.29, 0.717) is 0 Å². The van der Waals surface area contributed by atoms with Crippen LogP contribution in [-0.2, 0) is 6.54 Å². The van der Waals surface area contributed by atoms with Crippen LogP contribution in [0.2, 0.25) is 0 Å². The Labute approximate surface area is 128 Å². The second-order valence-corrected chi connectivity index (χ2v) is 5.08. The Hall–Kier alpha value is -2.26. The molecule has 0 aliphatic carbocycles. The van der Waals surface area contributed by atoms with Gasteiger partial charge in [0.15, 0.2) is 0 Å². The molecule has 0 saturated carbocycles. The number of hydrogen-bond donors (Lipinski definition) is 1. The molecule has 1 amide bonds. The number of carbonyl (C=O) groups is 1. The van der Waals surface area contributed by atoms with E-state index in [1.807, 2.05) is 6.07 Å². The molecule has 2 rings (SSSR count). The highest BCUT2D eigenvalue weighted by Crippen LogP contribution is 2.16. The van der Waals surface area contributed by atoms with E-state index in [0.717, 1.165) is 12.1 Å². The summed E-state index contributed by atoms with van der Waals surface area (Å²) >= 11 is 2.99. The average Bonchev–Trinajstić information content (AvgIpc) is 2.48. The molecule has 3 nitrogen and oxygen atoms in total. The summed E-state index contributed by atoms with van der Waals surface area (Å²) < 4.78 is 27.2. The first kappa shape index (κ1) is 15.1. The maximum absolute atomic E-state index is 13.6. The van der Waals surface area contributed by atoms with Crippen molar-refractivity contribution in [2.24, 2.45) is 0 Å². The molecule has 0 aromatic heterocycles. The number of benzene rings is 2. The van der Waals surface area contributed by atoms with Crippen LogP contribution in [-0.4, -0.2) is 5.91 Å². The predicted octanol–water partition coefficient (Wildman–Crippen LogP) is 3.53. The van der Waals surface area contributed by atoms with E-state index in [-0.39, 0.29) is 27.7 Å². The molecule has 0 aliphatic rings. The minimum Gasteiger partial charge on any atom is -0.348 e. The first-order valence-electron chi connectivity index (χ1n) is 5.93. The van der Waals surface area contributed by atoms with Crippen molar-refractivity contribution >= 4 is 21.8 Å². The van der Waals surface area contributed by atoms with Gasteiger partial charge >= 0.3 is 0 Å². The third-order valence-electron chi connectivity index (χ3n) is 2.80. The van der Waals surface area contributed by atoms with E-state index in [9.17, 15) is 13.6 Å². The lowest BCUT2D eigenvalue weighted by Crippen LogP contribution is -2.23. The number of nitriles is 1. The molecule has 0 fully saturated rings. The van der Waals surface area contributed by atoms with E-state index in [1.54, 1.807) is 0 Å². The molecule has 6 heteroatoms. The second-order valence-electron chi connectivity index (χ2n) is 4.23. The van der Waals surface area contributed by atoms with E-state index >= 15 is 0 Å². The molecule has 0 spiro atoms. The molecule has 2 aromatic rings. The highest BCUT2D eigenvalue weighted by Gasteiger charge is 2.10. The van der Waals surface area contributed by atoms with Crippen LogP contribution in [0.3, 0.4) is 0 Å². The van der Waals surface area contributed by atoms with Gasteiger partial charge in [-0.3, -0.25) is 4.79 Å². The van der Waals surface area contributed by atoms with Crippen LogP contribution in [0.15, 0.2) is 40.9 Å². The number of amides is 1. The summed E-state index contributed by atoms with van der Waals surface area (Å²) in [4.78, 5) is 11.8. The molecular formula is C15H9BrF2N2O. The maximum Gasteiger partial charge on any atom is 0.251 e. The Balaban J connectivity index is 2.07. The zero-order valence-corrected chi connectivity index (χ0v) is 12.2. The zero-order chi connectivity index (χ0) is 15.4. The van der Waals surface area contributed by atoms with Crippen molar-refractivity contribution < 1.29 is 13.6 Å². The van der Waals surface area contributed by atoms with Crippen LogP contribution in [0.1, 0.15) is 21.5 Å². The highest BCUT2D eigenvalue weighted by molar-refractivity contribution is 9.10. The van der Waals surface area contributed by atoms with Crippen LogP contribution in [0.5, 0.6) is 0 Å². The monoisotopic (exact) mass is 350 g/mol. The normalized spacial score (nSPS) is 10.0. The first-order chi connectivity index (χ1) is 10.0. The van der Waals surface area contributed by atoms with Crippen LogP contribution in [0, 0.1) is 23.0 Å². The van der Waals surface area contributed by atoms with Gasteiger partial charge in [-0.25, -0.2) is 8.78 Å². The quantitative estimate of drug-likeness (QED) is 0.920. The van der Waals surface area contributed by atoms with Gasteiger partial charge in [0, 0.05) is 17.7 Å². The van der Waals surface area contributed by atoms with Crippen molar-refractivity contribution in [2.45, 2.75) is 6.54 Å². The summed E-state index contributed by atoms with van der Waals surface area (Å²) in [5.74, 6) is -1.63. The molecule has 0 radical (unpaired) electrons. The molecule has 0 aliphatic heterocycles. The maximum atomic E-state index is 13.6. The summed E-state index contributed by atoms with van der Waals surface area (Å²) in [6.07, 6.45) is 0. The number of nitrogens with zero attached hydrogens (tertiary/aromatic N) is 1. The Morgan fingerprint density at radius 2 is 1.95 bits per heavy atom. The fraction of sp³-hybridized carbons (Fsp3) is 0.0667. The standard InChI is InChI=1S/C15H9BrF2N2O/c16-12-4-3-10(6-14(12)18)15(21)20-8-11-2-1-9(7-19)5-13(11)17/h1-6H,8H2,(H,20,21). The predicted molar refractivity (Wildman–Crippen MR) is 76.4 cm³/mol. The summed E-state index contributed by atoms with van der Waals surface area (Å²) in [7, 11) is 0. The van der Waals surface area contributed by atoms with Gasteiger partial charge in [0.2, 0.25) is 0 Å². The minimum absolute atomic E-state index is 0.0476. The number of carbonyl (C=O) groups excluding carboxylic acids is 1. The number of halogens is 3. The first-order valence-corrected chi connectivity index (χ1v) is 6.72. The van der Waals surface area contributed by atoms with Gasteiger partial charge in [0.1, 0.15) is 11.6 Å². The minimum atomic E-state index is -0.573. The smallest absolute Gasteiger partial charge is 0.251 e. The van der Waals surface area contributed by atoms with Crippen molar-refractivity contribution in [1.82, 2.24) is 5.32 Å². The SMILES string of the molecule is N#Cc1ccc(CNC(=O)c2ccc(Br)c(F)c2)c(F)c1. The number of nitrogens with one attached hydrogen (secondary N) is 1. The molecule has 0 heterocycles. The lowest BCUT2D eigenvalue weighted by molar-refractivity contribution is 0.0950. The molecule has 21 heavy (non-hydrogen) atoms. The molecule has 0 unspecified atom stereocenters. The van der Waals surface area contributed by atoms with Crippen molar-refractivity contribution in [3.8, 4) is 6.07 Å². The van der Waals surface area contributed by atoms with Gasteiger partial charge < -0.3 is 5.32 Å².